The summed E-state index contributed by atoms with van der Waals surface area (Å²) in [5.41, 5.74) is 5.93. The molecular weight excluding hydrogens is 416 g/mol. The SMILES string of the molecule is COc1cc2c(cc1OC)OC=C(CCCCN1CCN(c3cccc4[nH]cnc34)CC1)C2. The van der Waals surface area contributed by atoms with Gasteiger partial charge in [-0.2, -0.15) is 0 Å². The van der Waals surface area contributed by atoms with Crippen molar-refractivity contribution in [3.8, 4) is 17.2 Å². The number of benzene rings is 2. The minimum atomic E-state index is 0.703. The van der Waals surface area contributed by atoms with Crippen LogP contribution < -0.4 is 19.1 Å². The molecule has 2 aliphatic heterocycles. The molecule has 33 heavy (non-hydrogen) atoms. The second kappa shape index (κ2) is 9.75. The molecule has 0 bridgehead atoms. The summed E-state index contributed by atoms with van der Waals surface area (Å²) in [4.78, 5) is 12.8. The third-order valence-electron chi connectivity index (χ3n) is 6.70. The number of ether oxygens (including phenoxy) is 3. The number of H-pyrrole nitrogens is 1. The third kappa shape index (κ3) is 4.64. The molecule has 0 atom stereocenters. The summed E-state index contributed by atoms with van der Waals surface area (Å²) in [5, 5.41) is 0. The average Bonchev–Trinajstić information content (AvgIpc) is 3.35. The van der Waals surface area contributed by atoms with Crippen molar-refractivity contribution in [2.24, 2.45) is 0 Å². The van der Waals surface area contributed by atoms with Crippen molar-refractivity contribution < 1.29 is 14.2 Å². The first-order chi connectivity index (χ1) is 16.2. The van der Waals surface area contributed by atoms with Gasteiger partial charge < -0.3 is 24.1 Å². The molecule has 7 heteroatoms. The van der Waals surface area contributed by atoms with E-state index in [1.807, 2.05) is 18.4 Å². The van der Waals surface area contributed by atoms with Gasteiger partial charge in [-0.15, -0.1) is 0 Å². The Hall–Kier alpha value is -3.19. The number of aromatic amines is 1. The van der Waals surface area contributed by atoms with Gasteiger partial charge in [0.15, 0.2) is 11.5 Å². The molecule has 174 valence electrons. The van der Waals surface area contributed by atoms with Gasteiger partial charge >= 0.3 is 0 Å². The fourth-order valence-corrected chi connectivity index (χ4v) is 4.84. The van der Waals surface area contributed by atoms with Crippen molar-refractivity contribution in [2.75, 3.05) is 51.8 Å². The number of anilines is 1. The van der Waals surface area contributed by atoms with Crippen LogP contribution in [0, 0.1) is 0 Å². The van der Waals surface area contributed by atoms with Crippen LogP contribution in [0.3, 0.4) is 0 Å². The van der Waals surface area contributed by atoms with Crippen molar-refractivity contribution in [2.45, 2.75) is 25.7 Å². The van der Waals surface area contributed by atoms with Gasteiger partial charge in [0.25, 0.3) is 0 Å². The van der Waals surface area contributed by atoms with Gasteiger partial charge in [0.2, 0.25) is 0 Å². The van der Waals surface area contributed by atoms with Crippen LogP contribution in [0.5, 0.6) is 17.2 Å². The monoisotopic (exact) mass is 448 g/mol. The van der Waals surface area contributed by atoms with E-state index >= 15 is 0 Å². The molecular formula is C26H32N4O3. The number of para-hydroxylation sites is 1. The van der Waals surface area contributed by atoms with Gasteiger partial charge in [0, 0.05) is 44.2 Å². The van der Waals surface area contributed by atoms with E-state index in [0.29, 0.717) is 5.75 Å². The van der Waals surface area contributed by atoms with E-state index in [2.05, 4.69) is 38.0 Å². The number of hydrogen-bond donors (Lipinski definition) is 1. The Morgan fingerprint density at radius 1 is 1.03 bits per heavy atom. The molecule has 2 aliphatic rings. The smallest absolute Gasteiger partial charge is 0.164 e. The van der Waals surface area contributed by atoms with E-state index in [9.17, 15) is 0 Å². The number of piperazine rings is 1. The molecule has 0 amide bonds. The van der Waals surface area contributed by atoms with Gasteiger partial charge in [0.1, 0.15) is 11.3 Å². The molecule has 2 aromatic carbocycles. The summed E-state index contributed by atoms with van der Waals surface area (Å²) in [6, 6.07) is 10.3. The van der Waals surface area contributed by atoms with Gasteiger partial charge in [-0.05, 0) is 49.6 Å². The van der Waals surface area contributed by atoms with Crippen molar-refractivity contribution in [3.63, 3.8) is 0 Å². The van der Waals surface area contributed by atoms with Crippen LogP contribution in [0.1, 0.15) is 24.8 Å². The second-order valence-electron chi connectivity index (χ2n) is 8.75. The Balaban J connectivity index is 1.07. The van der Waals surface area contributed by atoms with Crippen LogP contribution in [-0.4, -0.2) is 61.8 Å². The quantitative estimate of drug-likeness (QED) is 0.516. The summed E-state index contributed by atoms with van der Waals surface area (Å²) in [6.07, 6.45) is 8.05. The summed E-state index contributed by atoms with van der Waals surface area (Å²) in [6.45, 7) is 5.44. The maximum Gasteiger partial charge on any atom is 0.164 e. The zero-order valence-electron chi connectivity index (χ0n) is 19.5. The van der Waals surface area contributed by atoms with Gasteiger partial charge in [-0.1, -0.05) is 6.07 Å². The minimum absolute atomic E-state index is 0.703. The molecule has 1 aromatic heterocycles. The van der Waals surface area contributed by atoms with Crippen molar-refractivity contribution >= 4 is 16.7 Å². The highest BCUT2D eigenvalue weighted by atomic mass is 16.5. The molecule has 1 saturated heterocycles. The van der Waals surface area contributed by atoms with E-state index in [0.717, 1.165) is 73.7 Å². The highest BCUT2D eigenvalue weighted by Gasteiger charge is 2.20. The zero-order valence-corrected chi connectivity index (χ0v) is 19.5. The first kappa shape index (κ1) is 21.6. The molecule has 0 unspecified atom stereocenters. The number of unbranched alkanes of at least 4 members (excludes halogenated alkanes) is 1. The van der Waals surface area contributed by atoms with Crippen LogP contribution in [0.2, 0.25) is 0 Å². The number of methoxy groups -OCH3 is 2. The Morgan fingerprint density at radius 2 is 1.85 bits per heavy atom. The van der Waals surface area contributed by atoms with Gasteiger partial charge in [-0.25, -0.2) is 4.98 Å². The average molecular weight is 449 g/mol. The second-order valence-corrected chi connectivity index (χ2v) is 8.75. The summed E-state index contributed by atoms with van der Waals surface area (Å²) in [7, 11) is 3.32. The maximum absolute atomic E-state index is 5.88. The first-order valence-electron chi connectivity index (χ1n) is 11.7. The number of allylic oxidation sites excluding steroid dienone is 1. The lowest BCUT2D eigenvalue weighted by Gasteiger charge is -2.36. The number of fused-ring (bicyclic) bond motifs is 2. The lowest BCUT2D eigenvalue weighted by atomic mass is 9.98. The number of nitrogens with zero attached hydrogens (tertiary/aromatic N) is 3. The molecule has 5 rings (SSSR count). The number of rotatable bonds is 8. The molecule has 1 N–H and O–H groups in total. The Bertz CT molecular complexity index is 1130. The maximum atomic E-state index is 5.88. The molecule has 1 fully saturated rings. The predicted molar refractivity (Wildman–Crippen MR) is 131 cm³/mol. The Morgan fingerprint density at radius 3 is 2.67 bits per heavy atom. The molecule has 3 aromatic rings. The van der Waals surface area contributed by atoms with E-state index in [1.165, 1.54) is 24.1 Å². The van der Waals surface area contributed by atoms with Crippen molar-refractivity contribution in [3.05, 3.63) is 54.1 Å². The fourth-order valence-electron chi connectivity index (χ4n) is 4.84. The minimum Gasteiger partial charge on any atom is -0.493 e. The normalized spacial score (nSPS) is 16.3. The standard InChI is InChI=1S/C26H32N4O3/c1-31-24-15-20-14-19(17-33-23(20)16-25(24)32-2)6-3-4-9-29-10-12-30(13-11-29)22-8-5-7-21-26(22)28-18-27-21/h5,7-8,15-18H,3-4,6,9-14H2,1-2H3,(H,27,28). The summed E-state index contributed by atoms with van der Waals surface area (Å²) >= 11 is 0. The first-order valence-corrected chi connectivity index (χ1v) is 11.7. The molecule has 0 aliphatic carbocycles. The van der Waals surface area contributed by atoms with Crippen molar-refractivity contribution in [1.29, 1.82) is 0 Å². The molecule has 0 radical (unpaired) electrons. The van der Waals surface area contributed by atoms with Crippen LogP contribution in [0.25, 0.3) is 11.0 Å². The van der Waals surface area contributed by atoms with Gasteiger partial charge in [-0.3, -0.25) is 4.90 Å². The molecule has 3 heterocycles. The van der Waals surface area contributed by atoms with Crippen LogP contribution in [0.15, 0.2) is 48.5 Å². The molecule has 0 saturated carbocycles. The zero-order chi connectivity index (χ0) is 22.6. The highest BCUT2D eigenvalue weighted by Crippen LogP contribution is 2.38. The number of aromatic nitrogens is 2. The van der Waals surface area contributed by atoms with Crippen LogP contribution in [-0.2, 0) is 6.42 Å². The molecule has 7 nitrogen and oxygen atoms in total. The lowest BCUT2D eigenvalue weighted by molar-refractivity contribution is 0.253. The van der Waals surface area contributed by atoms with E-state index < -0.39 is 0 Å². The van der Waals surface area contributed by atoms with Gasteiger partial charge in [0.05, 0.1) is 38.0 Å². The molecule has 0 spiro atoms. The Labute approximate surface area is 195 Å². The third-order valence-corrected chi connectivity index (χ3v) is 6.70. The largest absolute Gasteiger partial charge is 0.493 e. The van der Waals surface area contributed by atoms with E-state index in [4.69, 9.17) is 14.2 Å². The summed E-state index contributed by atoms with van der Waals surface area (Å²) < 4.78 is 16.7. The fraction of sp³-hybridized carbons (Fsp3) is 0.423. The van der Waals surface area contributed by atoms with Crippen LogP contribution in [0.4, 0.5) is 5.69 Å². The topological polar surface area (TPSA) is 62.9 Å². The highest BCUT2D eigenvalue weighted by molar-refractivity contribution is 5.88. The number of imidazole rings is 1. The Kier molecular flexibility index (Phi) is 6.39. The van der Waals surface area contributed by atoms with E-state index in [-0.39, 0.29) is 0 Å². The van der Waals surface area contributed by atoms with Crippen molar-refractivity contribution in [1.82, 2.24) is 14.9 Å². The number of hydrogen-bond acceptors (Lipinski definition) is 6. The summed E-state index contributed by atoms with van der Waals surface area (Å²) in [5.74, 6) is 2.32. The lowest BCUT2D eigenvalue weighted by Crippen LogP contribution is -2.46. The predicted octanol–water partition coefficient (Wildman–Crippen LogP) is 4.39. The van der Waals surface area contributed by atoms with E-state index in [1.54, 1.807) is 20.5 Å². The number of nitrogens with one attached hydrogen (secondary N) is 1. The van der Waals surface area contributed by atoms with Crippen LogP contribution >= 0.6 is 0 Å².